The standard InChI is InChI=1S/C22H52N6O10/c1-10(29)17(34)24-7-6-15(26-19(36)12(3)31)22(9-23,28-21(38)14(5)33)16(27-20(37)13(4)32)8-25-18(35)11(2)30/h10-21,24-38H,6-9,23H2,1-5H3. The average molecular weight is 561 g/mol. The average Bonchev–Trinajstić information content (AvgIpc) is 2.83. The predicted octanol–water partition coefficient (Wildman–Crippen LogP) is -6.74. The van der Waals surface area contributed by atoms with Gasteiger partial charge in [0.25, 0.3) is 0 Å². The molecule has 0 amide bonds. The largest absolute Gasteiger partial charge is 0.389 e. The van der Waals surface area contributed by atoms with E-state index in [-0.39, 0.29) is 26.1 Å². The van der Waals surface area contributed by atoms with Crippen molar-refractivity contribution in [2.45, 2.75) is 120 Å². The molecule has 0 spiro atoms. The van der Waals surface area contributed by atoms with E-state index in [4.69, 9.17) is 5.73 Å². The second-order valence-electron chi connectivity index (χ2n) is 9.91. The van der Waals surface area contributed by atoms with E-state index in [1.165, 1.54) is 34.6 Å². The lowest BCUT2D eigenvalue weighted by Gasteiger charge is -2.50. The van der Waals surface area contributed by atoms with Crippen molar-refractivity contribution in [3.05, 3.63) is 0 Å². The summed E-state index contributed by atoms with van der Waals surface area (Å²) in [6, 6.07) is -2.11. The van der Waals surface area contributed by atoms with E-state index < -0.39 is 79.3 Å². The minimum absolute atomic E-state index is 0.0138. The van der Waals surface area contributed by atoms with Gasteiger partial charge in [-0.05, 0) is 47.6 Å². The Kier molecular flexibility index (Phi) is 17.6. The zero-order valence-electron chi connectivity index (χ0n) is 22.8. The summed E-state index contributed by atoms with van der Waals surface area (Å²) in [7, 11) is 0. The fourth-order valence-corrected chi connectivity index (χ4v) is 3.71. The molecule has 16 heteroatoms. The SMILES string of the molecule is CC(O)C(O)NCCC(NC(O)C(C)O)C(CN)(NC(O)C(C)O)C(CNC(O)C(C)O)NC(O)C(C)O. The molecule has 0 aromatic heterocycles. The molecule has 0 heterocycles. The minimum atomic E-state index is -1.62. The summed E-state index contributed by atoms with van der Waals surface area (Å²) in [6.07, 6.45) is -13.5. The molecular weight excluding hydrogens is 508 g/mol. The molecule has 0 fully saturated rings. The summed E-state index contributed by atoms with van der Waals surface area (Å²) in [6.45, 7) is 6.05. The highest BCUT2D eigenvalue weighted by molar-refractivity contribution is 5.10. The number of nitrogens with two attached hydrogens (primary N) is 1. The zero-order valence-corrected chi connectivity index (χ0v) is 22.8. The maximum atomic E-state index is 10.6. The highest BCUT2D eigenvalue weighted by Gasteiger charge is 2.47. The van der Waals surface area contributed by atoms with Crippen molar-refractivity contribution >= 4 is 0 Å². The van der Waals surface area contributed by atoms with Crippen molar-refractivity contribution in [2.75, 3.05) is 19.6 Å². The lowest BCUT2D eigenvalue weighted by Crippen LogP contribution is -2.78. The van der Waals surface area contributed by atoms with Crippen molar-refractivity contribution in [2.24, 2.45) is 5.73 Å². The molecule has 13 atom stereocenters. The first kappa shape index (κ1) is 37.4. The Balaban J connectivity index is 6.67. The van der Waals surface area contributed by atoms with Crippen LogP contribution in [0, 0.1) is 0 Å². The summed E-state index contributed by atoms with van der Waals surface area (Å²) in [5, 5.41) is 115. The molecule has 0 aromatic rings. The smallest absolute Gasteiger partial charge is 0.131 e. The molecule has 0 aliphatic rings. The van der Waals surface area contributed by atoms with Gasteiger partial charge in [0.1, 0.15) is 31.1 Å². The Hall–Kier alpha value is -0.640. The Morgan fingerprint density at radius 2 is 0.947 bits per heavy atom. The lowest BCUT2D eigenvalue weighted by atomic mass is 9.79. The second kappa shape index (κ2) is 17.9. The van der Waals surface area contributed by atoms with Gasteiger partial charge in [0, 0.05) is 25.2 Å². The molecule has 17 N–H and O–H groups in total. The molecule has 38 heavy (non-hydrogen) atoms. The molecule has 0 aliphatic heterocycles. The maximum Gasteiger partial charge on any atom is 0.131 e. The fourth-order valence-electron chi connectivity index (χ4n) is 3.71. The third-order valence-corrected chi connectivity index (χ3v) is 6.34. The molecule has 16 nitrogen and oxygen atoms in total. The van der Waals surface area contributed by atoms with E-state index in [1.54, 1.807) is 0 Å². The molecule has 0 aromatic carbocycles. The van der Waals surface area contributed by atoms with E-state index in [9.17, 15) is 51.1 Å². The minimum Gasteiger partial charge on any atom is -0.389 e. The van der Waals surface area contributed by atoms with Gasteiger partial charge in [-0.3, -0.25) is 26.6 Å². The quantitative estimate of drug-likeness (QED) is 0.0580. The summed E-state index contributed by atoms with van der Waals surface area (Å²) < 4.78 is 0. The van der Waals surface area contributed by atoms with Crippen molar-refractivity contribution < 1.29 is 51.1 Å². The molecule has 0 bridgehead atoms. The highest BCUT2D eigenvalue weighted by atomic mass is 16.4. The van der Waals surface area contributed by atoms with Crippen LogP contribution in [0.2, 0.25) is 0 Å². The summed E-state index contributed by atoms with van der Waals surface area (Å²) in [5.41, 5.74) is 4.61. The number of aliphatic hydroxyl groups excluding tert-OH is 10. The topological polar surface area (TPSA) is 288 Å². The monoisotopic (exact) mass is 560 g/mol. The molecule has 0 rings (SSSR count). The Labute approximate surface area is 223 Å². The Morgan fingerprint density at radius 1 is 0.553 bits per heavy atom. The number of aliphatic hydroxyl groups is 10. The van der Waals surface area contributed by atoms with Gasteiger partial charge >= 0.3 is 0 Å². The molecule has 0 saturated carbocycles. The van der Waals surface area contributed by atoms with Gasteiger partial charge in [-0.25, -0.2) is 0 Å². The fraction of sp³-hybridized carbons (Fsp3) is 1.00. The van der Waals surface area contributed by atoms with Crippen LogP contribution >= 0.6 is 0 Å². The van der Waals surface area contributed by atoms with Gasteiger partial charge in [0.15, 0.2) is 0 Å². The maximum absolute atomic E-state index is 10.6. The van der Waals surface area contributed by atoms with Crippen LogP contribution in [-0.4, -0.2) is 150 Å². The van der Waals surface area contributed by atoms with Gasteiger partial charge in [-0.15, -0.1) is 0 Å². The highest BCUT2D eigenvalue weighted by Crippen LogP contribution is 2.22. The van der Waals surface area contributed by atoms with Crippen LogP contribution in [0.1, 0.15) is 41.0 Å². The molecule has 0 radical (unpaired) electrons. The van der Waals surface area contributed by atoms with Gasteiger partial charge < -0.3 is 56.8 Å². The van der Waals surface area contributed by atoms with E-state index in [2.05, 4.69) is 26.6 Å². The summed E-state index contributed by atoms with van der Waals surface area (Å²) in [5.74, 6) is 0. The van der Waals surface area contributed by atoms with Crippen LogP contribution in [0.15, 0.2) is 0 Å². The van der Waals surface area contributed by atoms with Crippen LogP contribution < -0.4 is 32.3 Å². The number of nitrogens with one attached hydrogen (secondary N) is 5. The zero-order chi connectivity index (χ0) is 29.8. The van der Waals surface area contributed by atoms with Crippen molar-refractivity contribution in [1.29, 1.82) is 0 Å². The first-order valence-corrected chi connectivity index (χ1v) is 12.8. The molecule has 0 saturated heterocycles. The van der Waals surface area contributed by atoms with E-state index in [0.29, 0.717) is 0 Å². The Morgan fingerprint density at radius 3 is 1.34 bits per heavy atom. The number of rotatable bonds is 21. The van der Waals surface area contributed by atoms with Crippen molar-refractivity contribution in [3.8, 4) is 0 Å². The molecule has 13 unspecified atom stereocenters. The van der Waals surface area contributed by atoms with E-state index in [1.807, 2.05) is 0 Å². The molecular formula is C22H52N6O10. The number of hydrogen-bond donors (Lipinski definition) is 16. The van der Waals surface area contributed by atoms with Crippen LogP contribution in [0.3, 0.4) is 0 Å². The molecule has 230 valence electrons. The first-order chi connectivity index (χ1) is 17.5. The lowest BCUT2D eigenvalue weighted by molar-refractivity contribution is -0.0605. The van der Waals surface area contributed by atoms with Crippen molar-refractivity contribution in [3.63, 3.8) is 0 Å². The first-order valence-electron chi connectivity index (χ1n) is 12.8. The third kappa shape index (κ3) is 12.3. The summed E-state index contributed by atoms with van der Waals surface area (Å²) >= 11 is 0. The Bertz CT molecular complexity index is 621. The van der Waals surface area contributed by atoms with Gasteiger partial charge in [0.05, 0.1) is 36.1 Å². The third-order valence-electron chi connectivity index (χ3n) is 6.34. The normalized spacial score (nSPS) is 23.7. The van der Waals surface area contributed by atoms with E-state index in [0.717, 1.165) is 0 Å². The van der Waals surface area contributed by atoms with Crippen LogP contribution in [0.4, 0.5) is 0 Å². The van der Waals surface area contributed by atoms with E-state index >= 15 is 0 Å². The van der Waals surface area contributed by atoms with Gasteiger partial charge in [-0.2, -0.15) is 0 Å². The van der Waals surface area contributed by atoms with Gasteiger partial charge in [0.2, 0.25) is 0 Å². The van der Waals surface area contributed by atoms with Crippen molar-refractivity contribution in [1.82, 2.24) is 26.6 Å². The summed E-state index contributed by atoms with van der Waals surface area (Å²) in [4.78, 5) is 0. The van der Waals surface area contributed by atoms with Crippen LogP contribution in [0.25, 0.3) is 0 Å². The van der Waals surface area contributed by atoms with Crippen LogP contribution in [-0.2, 0) is 0 Å². The number of hydrogen-bond acceptors (Lipinski definition) is 16. The second-order valence-corrected chi connectivity index (χ2v) is 9.91. The van der Waals surface area contributed by atoms with Crippen LogP contribution in [0.5, 0.6) is 0 Å². The van der Waals surface area contributed by atoms with Gasteiger partial charge in [-0.1, -0.05) is 0 Å². The predicted molar refractivity (Wildman–Crippen MR) is 138 cm³/mol. The molecule has 0 aliphatic carbocycles.